The van der Waals surface area contributed by atoms with Gasteiger partial charge in [-0.2, -0.15) is 0 Å². The largest absolute Gasteiger partial charge is 0.456 e. The molecule has 0 atom stereocenters. The minimum atomic E-state index is -0.474. The summed E-state index contributed by atoms with van der Waals surface area (Å²) in [6.07, 6.45) is 0. The second kappa shape index (κ2) is 5.66. The molecule has 0 bridgehead atoms. The highest BCUT2D eigenvalue weighted by atomic mass is 79.9. The molecule has 1 aromatic rings. The van der Waals surface area contributed by atoms with Gasteiger partial charge in [0.2, 0.25) is 0 Å². The zero-order valence-corrected chi connectivity index (χ0v) is 14.2. The van der Waals surface area contributed by atoms with Crippen molar-refractivity contribution in [2.75, 3.05) is 0 Å². The molecule has 19 heavy (non-hydrogen) atoms. The molecule has 0 aliphatic heterocycles. The quantitative estimate of drug-likeness (QED) is 0.574. The van der Waals surface area contributed by atoms with Crippen LogP contribution >= 0.6 is 15.9 Å². The Kier molecular flexibility index (Phi) is 4.83. The lowest BCUT2D eigenvalue weighted by Crippen LogP contribution is -2.25. The van der Waals surface area contributed by atoms with Crippen LogP contribution in [-0.2, 0) is 15.5 Å². The van der Waals surface area contributed by atoms with E-state index in [4.69, 9.17) is 4.74 Å². The lowest BCUT2D eigenvalue weighted by molar-refractivity contribution is 0.00685. The predicted octanol–water partition coefficient (Wildman–Crippen LogP) is 4.83. The van der Waals surface area contributed by atoms with E-state index in [2.05, 4.69) is 42.8 Å². The smallest absolute Gasteiger partial charge is 0.338 e. The van der Waals surface area contributed by atoms with Gasteiger partial charge >= 0.3 is 5.97 Å². The Labute approximate surface area is 124 Å². The standard InChI is InChI=1S/C16H23BrO2/c1-15(2,3)12-8-7-11(10-17)13(9-12)14(18)19-16(4,5)6/h7-9H,10H2,1-6H3. The Morgan fingerprint density at radius 2 is 1.74 bits per heavy atom. The average molecular weight is 327 g/mol. The van der Waals surface area contributed by atoms with Gasteiger partial charge in [-0.25, -0.2) is 4.79 Å². The van der Waals surface area contributed by atoms with Gasteiger partial charge in [0.15, 0.2) is 0 Å². The van der Waals surface area contributed by atoms with Crippen molar-refractivity contribution >= 4 is 21.9 Å². The second-order valence-corrected chi connectivity index (χ2v) is 7.32. The minimum Gasteiger partial charge on any atom is -0.456 e. The van der Waals surface area contributed by atoms with Crippen molar-refractivity contribution in [1.29, 1.82) is 0 Å². The highest BCUT2D eigenvalue weighted by molar-refractivity contribution is 9.08. The molecule has 0 unspecified atom stereocenters. The molecule has 0 fully saturated rings. The molecule has 0 spiro atoms. The molecule has 0 N–H and O–H groups in total. The zero-order valence-electron chi connectivity index (χ0n) is 12.6. The van der Waals surface area contributed by atoms with E-state index in [-0.39, 0.29) is 11.4 Å². The average Bonchev–Trinajstić information content (AvgIpc) is 2.24. The van der Waals surface area contributed by atoms with Crippen LogP contribution in [0.3, 0.4) is 0 Å². The number of ether oxygens (including phenoxy) is 1. The van der Waals surface area contributed by atoms with E-state index in [0.29, 0.717) is 10.9 Å². The van der Waals surface area contributed by atoms with Crippen LogP contribution in [-0.4, -0.2) is 11.6 Å². The first-order chi connectivity index (χ1) is 8.54. The van der Waals surface area contributed by atoms with Crippen molar-refractivity contribution < 1.29 is 9.53 Å². The summed E-state index contributed by atoms with van der Waals surface area (Å²) in [4.78, 5) is 12.3. The summed E-state index contributed by atoms with van der Waals surface area (Å²) in [5.41, 5.74) is 2.29. The molecule has 106 valence electrons. The van der Waals surface area contributed by atoms with Crippen LogP contribution in [0.25, 0.3) is 0 Å². The number of hydrogen-bond acceptors (Lipinski definition) is 2. The molecule has 1 aromatic carbocycles. The van der Waals surface area contributed by atoms with Crippen molar-refractivity contribution in [3.8, 4) is 0 Å². The van der Waals surface area contributed by atoms with Gasteiger partial charge in [-0.1, -0.05) is 48.8 Å². The summed E-state index contributed by atoms with van der Waals surface area (Å²) in [7, 11) is 0. The Hall–Kier alpha value is -0.830. The molecule has 2 nitrogen and oxygen atoms in total. The van der Waals surface area contributed by atoms with Crippen LogP contribution in [0.1, 0.15) is 63.0 Å². The third-order valence-electron chi connectivity index (χ3n) is 2.74. The van der Waals surface area contributed by atoms with Gasteiger partial charge in [0.05, 0.1) is 5.56 Å². The highest BCUT2D eigenvalue weighted by Gasteiger charge is 2.22. The fourth-order valence-corrected chi connectivity index (χ4v) is 2.17. The topological polar surface area (TPSA) is 26.3 Å². The number of hydrogen-bond donors (Lipinski definition) is 0. The van der Waals surface area contributed by atoms with Crippen molar-refractivity contribution in [2.24, 2.45) is 0 Å². The van der Waals surface area contributed by atoms with E-state index in [1.54, 1.807) is 0 Å². The van der Waals surface area contributed by atoms with Gasteiger partial charge in [0.1, 0.15) is 5.60 Å². The van der Waals surface area contributed by atoms with Crippen molar-refractivity contribution in [2.45, 2.75) is 57.9 Å². The van der Waals surface area contributed by atoms with Crippen molar-refractivity contribution in [1.82, 2.24) is 0 Å². The molecule has 1 rings (SSSR count). The lowest BCUT2D eigenvalue weighted by atomic mass is 9.85. The molecule has 0 amide bonds. The van der Waals surface area contributed by atoms with Crippen molar-refractivity contribution in [3.63, 3.8) is 0 Å². The molecule has 0 heterocycles. The van der Waals surface area contributed by atoms with E-state index in [1.165, 1.54) is 0 Å². The van der Waals surface area contributed by atoms with E-state index in [9.17, 15) is 4.79 Å². The maximum Gasteiger partial charge on any atom is 0.338 e. The molecule has 0 aliphatic carbocycles. The zero-order chi connectivity index (χ0) is 14.8. The van der Waals surface area contributed by atoms with Gasteiger partial charge < -0.3 is 4.74 Å². The summed E-state index contributed by atoms with van der Waals surface area (Å²) < 4.78 is 5.47. The fourth-order valence-electron chi connectivity index (χ4n) is 1.68. The first kappa shape index (κ1) is 16.2. The number of carbonyl (C=O) groups excluding carboxylic acids is 1. The third kappa shape index (κ3) is 4.64. The number of benzene rings is 1. The van der Waals surface area contributed by atoms with Gasteiger partial charge in [-0.05, 0) is 43.4 Å². The molecule has 0 saturated carbocycles. The molecule has 0 radical (unpaired) electrons. The second-order valence-electron chi connectivity index (χ2n) is 6.76. The molecule has 0 aromatic heterocycles. The maximum atomic E-state index is 12.3. The Bertz CT molecular complexity index is 465. The summed E-state index contributed by atoms with van der Waals surface area (Å²) >= 11 is 3.42. The van der Waals surface area contributed by atoms with Crippen LogP contribution in [0.15, 0.2) is 18.2 Å². The summed E-state index contributed by atoms with van der Waals surface area (Å²) in [5.74, 6) is -0.256. The molecule has 0 saturated heterocycles. The van der Waals surface area contributed by atoms with Crippen LogP contribution in [0.2, 0.25) is 0 Å². The molecular formula is C16H23BrO2. The number of halogens is 1. The summed E-state index contributed by atoms with van der Waals surface area (Å²) in [6.45, 7) is 12.0. The van der Waals surface area contributed by atoms with Crippen molar-refractivity contribution in [3.05, 3.63) is 34.9 Å². The summed E-state index contributed by atoms with van der Waals surface area (Å²) in [5, 5.41) is 0.645. The predicted molar refractivity (Wildman–Crippen MR) is 82.9 cm³/mol. The third-order valence-corrected chi connectivity index (χ3v) is 3.34. The Morgan fingerprint density at radius 1 is 1.16 bits per heavy atom. The highest BCUT2D eigenvalue weighted by Crippen LogP contribution is 2.26. The van der Waals surface area contributed by atoms with Crippen LogP contribution in [0.5, 0.6) is 0 Å². The van der Waals surface area contributed by atoms with E-state index in [0.717, 1.165) is 11.1 Å². The van der Waals surface area contributed by atoms with Crippen LogP contribution < -0.4 is 0 Å². The SMILES string of the molecule is CC(C)(C)OC(=O)c1cc(C(C)(C)C)ccc1CBr. The monoisotopic (exact) mass is 326 g/mol. The first-order valence-electron chi connectivity index (χ1n) is 6.47. The van der Waals surface area contributed by atoms with Gasteiger partial charge in [-0.15, -0.1) is 0 Å². The Balaban J connectivity index is 3.20. The van der Waals surface area contributed by atoms with Gasteiger partial charge in [0, 0.05) is 5.33 Å². The summed E-state index contributed by atoms with van der Waals surface area (Å²) in [6, 6.07) is 6.02. The van der Waals surface area contributed by atoms with Gasteiger partial charge in [-0.3, -0.25) is 0 Å². The molecule has 3 heteroatoms. The number of rotatable bonds is 2. The van der Waals surface area contributed by atoms with Crippen LogP contribution in [0, 0.1) is 0 Å². The first-order valence-corrected chi connectivity index (χ1v) is 7.59. The normalized spacial score (nSPS) is 12.4. The molecular weight excluding hydrogens is 304 g/mol. The van der Waals surface area contributed by atoms with E-state index < -0.39 is 5.60 Å². The minimum absolute atomic E-state index is 0.0155. The van der Waals surface area contributed by atoms with Gasteiger partial charge in [0.25, 0.3) is 0 Å². The lowest BCUT2D eigenvalue weighted by Gasteiger charge is -2.23. The Morgan fingerprint density at radius 3 is 2.16 bits per heavy atom. The number of esters is 1. The van der Waals surface area contributed by atoms with Crippen LogP contribution in [0.4, 0.5) is 0 Å². The van der Waals surface area contributed by atoms with E-state index in [1.807, 2.05) is 32.9 Å². The van der Waals surface area contributed by atoms with E-state index >= 15 is 0 Å². The number of carbonyl (C=O) groups is 1. The number of alkyl halides is 1. The maximum absolute atomic E-state index is 12.3. The fraction of sp³-hybridized carbons (Fsp3) is 0.562. The molecule has 0 aliphatic rings.